The Kier molecular flexibility index (Phi) is 5.44. The van der Waals surface area contributed by atoms with Gasteiger partial charge >= 0.3 is 0 Å². The topological polar surface area (TPSA) is 87.8 Å². The summed E-state index contributed by atoms with van der Waals surface area (Å²) in [5.74, 6) is -0.902. The van der Waals surface area contributed by atoms with Crippen LogP contribution in [0, 0.1) is 15.9 Å². The van der Waals surface area contributed by atoms with Crippen LogP contribution in [0.25, 0.3) is 0 Å². The monoisotopic (exact) mass is 370 g/mol. The quantitative estimate of drug-likeness (QED) is 0.496. The summed E-state index contributed by atoms with van der Waals surface area (Å²) >= 11 is 0. The van der Waals surface area contributed by atoms with Crippen molar-refractivity contribution in [1.29, 1.82) is 0 Å². The lowest BCUT2D eigenvalue weighted by Crippen LogP contribution is -2.20. The smallest absolute Gasteiger partial charge is 0.271 e. The van der Waals surface area contributed by atoms with Gasteiger partial charge in [-0.15, -0.1) is 0 Å². The minimum atomic E-state index is -0.577. The Balaban J connectivity index is 1.71. The van der Waals surface area contributed by atoms with Gasteiger partial charge in [0.1, 0.15) is 5.82 Å². The van der Waals surface area contributed by atoms with Crippen molar-refractivity contribution in [3.05, 3.63) is 69.5 Å². The minimum Gasteiger partial charge on any atom is -0.369 e. The molecular weight excluding hydrogens is 351 g/mol. The van der Waals surface area contributed by atoms with E-state index in [1.807, 2.05) is 4.90 Å². The molecule has 140 valence electrons. The molecule has 1 N–H and O–H groups in total. The van der Waals surface area contributed by atoms with Crippen LogP contribution in [0.4, 0.5) is 15.8 Å². The molecule has 7 nitrogen and oxygen atoms in total. The van der Waals surface area contributed by atoms with Crippen LogP contribution in [0.15, 0.2) is 47.6 Å². The molecule has 0 saturated carbocycles. The molecule has 1 heterocycles. The predicted molar refractivity (Wildman–Crippen MR) is 101 cm³/mol. The molecule has 8 heteroatoms. The number of nitrogens with one attached hydrogen (secondary N) is 1. The number of nitro groups is 1. The molecule has 2 aromatic rings. The van der Waals surface area contributed by atoms with Gasteiger partial charge in [0.05, 0.1) is 16.3 Å². The Morgan fingerprint density at radius 3 is 2.59 bits per heavy atom. The van der Waals surface area contributed by atoms with Crippen LogP contribution in [-0.2, 0) is 0 Å². The normalized spacial score (nSPS) is 14.3. The number of anilines is 1. The predicted octanol–water partition coefficient (Wildman–Crippen LogP) is 3.49. The number of rotatable bonds is 5. The standard InChI is InChI=1S/C19H19FN4O3/c1-13(14-7-8-18(17(20)12-14)23-9-2-3-10-23)21-22-19(25)15-5-4-6-16(11-15)24(26)27/h4-8,11-12H,2-3,9-10H2,1H3,(H,22,25)/b21-13-. The molecule has 1 fully saturated rings. The average molecular weight is 370 g/mol. The van der Waals surface area contributed by atoms with Gasteiger partial charge in [-0.3, -0.25) is 14.9 Å². The lowest BCUT2D eigenvalue weighted by Gasteiger charge is -2.18. The molecule has 0 radical (unpaired) electrons. The molecule has 0 aromatic heterocycles. The van der Waals surface area contributed by atoms with Gasteiger partial charge in [-0.1, -0.05) is 12.1 Å². The lowest BCUT2D eigenvalue weighted by atomic mass is 10.1. The van der Waals surface area contributed by atoms with Crippen LogP contribution >= 0.6 is 0 Å². The van der Waals surface area contributed by atoms with Crippen molar-refractivity contribution in [3.8, 4) is 0 Å². The molecule has 0 unspecified atom stereocenters. The fourth-order valence-corrected chi connectivity index (χ4v) is 2.97. The minimum absolute atomic E-state index is 0.122. The Hall–Kier alpha value is -3.29. The van der Waals surface area contributed by atoms with E-state index >= 15 is 0 Å². The summed E-state index contributed by atoms with van der Waals surface area (Å²) in [6.45, 7) is 3.35. The highest BCUT2D eigenvalue weighted by molar-refractivity contribution is 6.01. The van der Waals surface area contributed by atoms with Crippen molar-refractivity contribution in [3.63, 3.8) is 0 Å². The van der Waals surface area contributed by atoms with E-state index in [9.17, 15) is 19.3 Å². The summed E-state index contributed by atoms with van der Waals surface area (Å²) in [5, 5.41) is 14.8. The third-order valence-electron chi connectivity index (χ3n) is 4.46. The zero-order valence-electron chi connectivity index (χ0n) is 14.8. The number of halogens is 1. The number of benzene rings is 2. The first-order valence-corrected chi connectivity index (χ1v) is 8.59. The maximum Gasteiger partial charge on any atom is 0.271 e. The fraction of sp³-hybridized carbons (Fsp3) is 0.263. The third kappa shape index (κ3) is 4.28. The number of amides is 1. The van der Waals surface area contributed by atoms with Crippen LogP contribution in [0.5, 0.6) is 0 Å². The van der Waals surface area contributed by atoms with Crippen LogP contribution in [0.1, 0.15) is 35.7 Å². The zero-order chi connectivity index (χ0) is 19.4. The van der Waals surface area contributed by atoms with Gasteiger partial charge in [0, 0.05) is 36.3 Å². The second-order valence-electron chi connectivity index (χ2n) is 6.31. The molecule has 0 aliphatic carbocycles. The second kappa shape index (κ2) is 7.94. The number of hydrogen-bond donors (Lipinski definition) is 1. The first-order chi connectivity index (χ1) is 13.0. The molecule has 1 aliphatic rings. The lowest BCUT2D eigenvalue weighted by molar-refractivity contribution is -0.384. The second-order valence-corrected chi connectivity index (χ2v) is 6.31. The number of nitro benzene ring substituents is 1. The number of carbonyl (C=O) groups is 1. The molecule has 1 aliphatic heterocycles. The average Bonchev–Trinajstić information content (AvgIpc) is 3.20. The van der Waals surface area contributed by atoms with E-state index < -0.39 is 10.8 Å². The molecule has 3 rings (SSSR count). The van der Waals surface area contributed by atoms with Crippen molar-refractivity contribution >= 4 is 23.0 Å². The molecule has 0 atom stereocenters. The van der Waals surface area contributed by atoms with E-state index in [2.05, 4.69) is 10.5 Å². The molecule has 1 amide bonds. The first kappa shape index (κ1) is 18.5. The summed E-state index contributed by atoms with van der Waals surface area (Å²) < 4.78 is 14.4. The Morgan fingerprint density at radius 2 is 1.93 bits per heavy atom. The van der Waals surface area contributed by atoms with Gasteiger partial charge in [-0.2, -0.15) is 5.10 Å². The highest BCUT2D eigenvalue weighted by Crippen LogP contribution is 2.24. The molecule has 1 saturated heterocycles. The maximum absolute atomic E-state index is 14.4. The summed E-state index contributed by atoms with van der Waals surface area (Å²) in [7, 11) is 0. The van der Waals surface area contributed by atoms with Gasteiger partial charge in [0.25, 0.3) is 11.6 Å². The van der Waals surface area contributed by atoms with E-state index in [4.69, 9.17) is 0 Å². The Bertz CT molecular complexity index is 908. The van der Waals surface area contributed by atoms with Gasteiger partial charge in [0.2, 0.25) is 0 Å². The van der Waals surface area contributed by atoms with Crippen LogP contribution < -0.4 is 10.3 Å². The van der Waals surface area contributed by atoms with Crippen LogP contribution in [0.2, 0.25) is 0 Å². The van der Waals surface area contributed by atoms with Crippen molar-refractivity contribution < 1.29 is 14.1 Å². The maximum atomic E-state index is 14.4. The number of nitrogens with zero attached hydrogens (tertiary/aromatic N) is 3. The van der Waals surface area contributed by atoms with Gasteiger partial charge in [-0.05, 0) is 38.0 Å². The molecule has 0 spiro atoms. The van der Waals surface area contributed by atoms with Gasteiger partial charge < -0.3 is 4.90 Å². The number of hydrazone groups is 1. The largest absolute Gasteiger partial charge is 0.369 e. The molecule has 27 heavy (non-hydrogen) atoms. The molecule has 2 aromatic carbocycles. The highest BCUT2D eigenvalue weighted by Gasteiger charge is 2.17. The van der Waals surface area contributed by atoms with Gasteiger partial charge in [-0.25, -0.2) is 9.82 Å². The van der Waals surface area contributed by atoms with E-state index in [1.54, 1.807) is 19.1 Å². The third-order valence-corrected chi connectivity index (χ3v) is 4.46. The SMILES string of the molecule is C/C(=N/NC(=O)c1cccc([N+](=O)[O-])c1)c1ccc(N2CCCC2)c(F)c1. The van der Waals surface area contributed by atoms with E-state index in [0.29, 0.717) is 17.0 Å². The first-order valence-electron chi connectivity index (χ1n) is 8.59. The van der Waals surface area contributed by atoms with E-state index in [-0.39, 0.29) is 17.1 Å². The van der Waals surface area contributed by atoms with Crippen molar-refractivity contribution in [2.24, 2.45) is 5.10 Å². The molecule has 0 bridgehead atoms. The van der Waals surface area contributed by atoms with Crippen molar-refractivity contribution in [1.82, 2.24) is 5.43 Å². The summed E-state index contributed by atoms with van der Waals surface area (Å²) in [6, 6.07) is 10.2. The summed E-state index contributed by atoms with van der Waals surface area (Å²) in [4.78, 5) is 24.4. The molecular formula is C19H19FN4O3. The summed E-state index contributed by atoms with van der Waals surface area (Å²) in [6.07, 6.45) is 2.12. The van der Waals surface area contributed by atoms with Crippen LogP contribution in [-0.4, -0.2) is 29.6 Å². The van der Waals surface area contributed by atoms with Crippen molar-refractivity contribution in [2.45, 2.75) is 19.8 Å². The fourth-order valence-electron chi connectivity index (χ4n) is 2.97. The Morgan fingerprint density at radius 1 is 1.19 bits per heavy atom. The summed E-state index contributed by atoms with van der Waals surface area (Å²) in [5.41, 5.74) is 3.85. The van der Waals surface area contributed by atoms with E-state index in [0.717, 1.165) is 25.9 Å². The number of hydrogen-bond acceptors (Lipinski definition) is 5. The number of carbonyl (C=O) groups excluding carboxylic acids is 1. The van der Waals surface area contributed by atoms with Crippen molar-refractivity contribution in [2.75, 3.05) is 18.0 Å². The van der Waals surface area contributed by atoms with Crippen LogP contribution in [0.3, 0.4) is 0 Å². The van der Waals surface area contributed by atoms with Gasteiger partial charge in [0.15, 0.2) is 0 Å². The van der Waals surface area contributed by atoms with E-state index in [1.165, 1.54) is 30.3 Å². The Labute approximate surface area is 155 Å². The number of non-ortho nitro benzene ring substituents is 1. The highest BCUT2D eigenvalue weighted by atomic mass is 19.1. The zero-order valence-corrected chi connectivity index (χ0v) is 14.8.